The van der Waals surface area contributed by atoms with Crippen molar-refractivity contribution in [3.63, 3.8) is 0 Å². The zero-order valence-corrected chi connectivity index (χ0v) is 20.5. The van der Waals surface area contributed by atoms with E-state index in [1.165, 1.54) is 31.4 Å². The van der Waals surface area contributed by atoms with Crippen LogP contribution in [0.5, 0.6) is 5.75 Å². The molecule has 0 saturated carbocycles. The summed E-state index contributed by atoms with van der Waals surface area (Å²) in [4.78, 5) is 10.4. The minimum Gasteiger partial charge on any atom is -0.545 e. The van der Waals surface area contributed by atoms with Crippen LogP contribution in [-0.2, 0) is 20.0 Å². The van der Waals surface area contributed by atoms with Gasteiger partial charge in [-0.1, -0.05) is 23.8 Å². The van der Waals surface area contributed by atoms with E-state index in [1.807, 2.05) is 13.0 Å². The Morgan fingerprint density at radius 2 is 1.35 bits per heavy atom. The third-order valence-electron chi connectivity index (χ3n) is 4.98. The van der Waals surface area contributed by atoms with Gasteiger partial charge >= 0.3 is 0 Å². The highest BCUT2D eigenvalue weighted by Gasteiger charge is 2.26. The number of carbonyl (C=O) groups excluding carboxylic acids is 1. The monoisotopic (exact) mass is 503 g/mol. The number of methoxy groups -OCH3 is 1. The van der Waals surface area contributed by atoms with Crippen molar-refractivity contribution in [1.29, 1.82) is 0 Å². The fourth-order valence-electron chi connectivity index (χ4n) is 3.30. The molecule has 0 unspecified atom stereocenters. The predicted octanol–water partition coefficient (Wildman–Crippen LogP) is 2.59. The van der Waals surface area contributed by atoms with E-state index in [9.17, 15) is 26.7 Å². The molecule has 11 heteroatoms. The number of sulfonamides is 2. The summed E-state index contributed by atoms with van der Waals surface area (Å²) < 4.78 is 62.6. The van der Waals surface area contributed by atoms with E-state index in [0.29, 0.717) is 16.8 Å². The van der Waals surface area contributed by atoms with E-state index in [-0.39, 0.29) is 21.9 Å². The molecule has 0 aliphatic carbocycles. The van der Waals surface area contributed by atoms with Gasteiger partial charge < -0.3 is 14.6 Å². The van der Waals surface area contributed by atoms with Gasteiger partial charge in [0.25, 0.3) is 20.0 Å². The number of aryl methyl sites for hydroxylation is 3. The van der Waals surface area contributed by atoms with Crippen molar-refractivity contribution in [3.05, 3.63) is 76.9 Å². The van der Waals surface area contributed by atoms with Gasteiger partial charge in [-0.05, 0) is 73.9 Å². The highest BCUT2D eigenvalue weighted by atomic mass is 32.2. The largest absolute Gasteiger partial charge is 0.545 e. The van der Waals surface area contributed by atoms with Crippen LogP contribution in [0.15, 0.2) is 64.4 Å². The summed E-state index contributed by atoms with van der Waals surface area (Å²) in [6.45, 7) is 5.30. The second kappa shape index (κ2) is 9.35. The van der Waals surface area contributed by atoms with Gasteiger partial charge in [0.15, 0.2) is 0 Å². The Balaban J connectivity index is 2.08. The fourth-order valence-corrected chi connectivity index (χ4v) is 5.91. The normalized spacial score (nSPS) is 11.6. The molecular formula is C23H23N2O7S2-. The summed E-state index contributed by atoms with van der Waals surface area (Å²) >= 11 is 0. The molecule has 0 bridgehead atoms. The molecule has 0 aliphatic heterocycles. The number of carboxylic acid groups (broad SMARTS) is 1. The van der Waals surface area contributed by atoms with Gasteiger partial charge in [-0.3, -0.25) is 9.44 Å². The van der Waals surface area contributed by atoms with Gasteiger partial charge in [-0.2, -0.15) is 0 Å². The zero-order valence-electron chi connectivity index (χ0n) is 18.9. The summed E-state index contributed by atoms with van der Waals surface area (Å²) in [5.41, 5.74) is 2.01. The number of hydrogen-bond acceptors (Lipinski definition) is 7. The quantitative estimate of drug-likeness (QED) is 0.481. The second-order valence-corrected chi connectivity index (χ2v) is 11.0. The maximum atomic E-state index is 13.2. The molecule has 3 aromatic carbocycles. The highest BCUT2D eigenvalue weighted by Crippen LogP contribution is 2.31. The van der Waals surface area contributed by atoms with Crippen molar-refractivity contribution in [3.8, 4) is 5.75 Å². The van der Waals surface area contributed by atoms with Gasteiger partial charge in [0.2, 0.25) is 0 Å². The third kappa shape index (κ3) is 5.32. The van der Waals surface area contributed by atoms with E-state index in [1.54, 1.807) is 26.0 Å². The van der Waals surface area contributed by atoms with Crippen molar-refractivity contribution in [1.82, 2.24) is 0 Å². The number of ether oxygens (including phenoxy) is 1. The second-order valence-electron chi connectivity index (χ2n) is 7.68. The SMILES string of the molecule is COc1ccc(C(=O)[O-])cc1S(=O)(=O)Nc1cc(C)ccc1S(=O)(=O)Nc1ccc(C)cc1C. The molecular weight excluding hydrogens is 480 g/mol. The molecule has 0 aromatic heterocycles. The Morgan fingerprint density at radius 3 is 1.97 bits per heavy atom. The molecule has 0 radical (unpaired) electrons. The lowest BCUT2D eigenvalue weighted by molar-refractivity contribution is -0.255. The Bertz CT molecular complexity index is 1480. The van der Waals surface area contributed by atoms with Crippen molar-refractivity contribution in [2.45, 2.75) is 30.6 Å². The molecule has 0 heterocycles. The van der Waals surface area contributed by atoms with Gasteiger partial charge in [0.1, 0.15) is 15.5 Å². The molecule has 0 saturated heterocycles. The Hall–Kier alpha value is -3.57. The van der Waals surface area contributed by atoms with Crippen LogP contribution in [0.4, 0.5) is 11.4 Å². The van der Waals surface area contributed by atoms with E-state index in [0.717, 1.165) is 17.7 Å². The fraction of sp³-hybridized carbons (Fsp3) is 0.174. The third-order valence-corrected chi connectivity index (χ3v) is 7.79. The molecule has 0 spiro atoms. The first kappa shape index (κ1) is 25.1. The minimum atomic E-state index is -4.46. The molecule has 34 heavy (non-hydrogen) atoms. The number of carbonyl (C=O) groups is 1. The molecule has 0 amide bonds. The lowest BCUT2D eigenvalue weighted by Crippen LogP contribution is -2.23. The summed E-state index contributed by atoms with van der Waals surface area (Å²) in [6.07, 6.45) is 0. The van der Waals surface area contributed by atoms with Crippen LogP contribution in [0.1, 0.15) is 27.0 Å². The Labute approximate surface area is 198 Å². The maximum absolute atomic E-state index is 13.2. The van der Waals surface area contributed by atoms with Gasteiger partial charge in [-0.15, -0.1) is 0 Å². The van der Waals surface area contributed by atoms with E-state index in [2.05, 4.69) is 9.44 Å². The molecule has 0 atom stereocenters. The van der Waals surface area contributed by atoms with Crippen LogP contribution < -0.4 is 19.3 Å². The first-order chi connectivity index (χ1) is 15.8. The summed E-state index contributed by atoms with van der Waals surface area (Å²) in [5.74, 6) is -1.70. The molecule has 0 fully saturated rings. The number of rotatable bonds is 8. The van der Waals surface area contributed by atoms with E-state index in [4.69, 9.17) is 4.74 Å². The maximum Gasteiger partial charge on any atom is 0.265 e. The first-order valence-corrected chi connectivity index (χ1v) is 12.9. The van der Waals surface area contributed by atoms with Crippen LogP contribution >= 0.6 is 0 Å². The first-order valence-electron chi connectivity index (χ1n) is 9.97. The van der Waals surface area contributed by atoms with Crippen LogP contribution in [0.3, 0.4) is 0 Å². The number of hydrogen-bond donors (Lipinski definition) is 2. The number of aromatic carboxylic acids is 1. The number of carboxylic acids is 1. The molecule has 3 rings (SSSR count). The van der Waals surface area contributed by atoms with Crippen molar-refractivity contribution in [2.24, 2.45) is 0 Å². The zero-order chi connectivity index (χ0) is 25.3. The average Bonchev–Trinajstić information content (AvgIpc) is 2.74. The number of benzene rings is 3. The molecule has 2 N–H and O–H groups in total. The summed E-state index contributed by atoms with van der Waals surface area (Å²) in [5, 5.41) is 11.2. The Morgan fingerprint density at radius 1 is 0.765 bits per heavy atom. The van der Waals surface area contributed by atoms with E-state index >= 15 is 0 Å². The summed E-state index contributed by atoms with van der Waals surface area (Å²) in [7, 11) is -7.43. The molecule has 9 nitrogen and oxygen atoms in total. The number of anilines is 2. The predicted molar refractivity (Wildman–Crippen MR) is 126 cm³/mol. The Kier molecular flexibility index (Phi) is 6.89. The van der Waals surface area contributed by atoms with Crippen LogP contribution in [0.25, 0.3) is 0 Å². The van der Waals surface area contributed by atoms with Crippen molar-refractivity contribution < 1.29 is 31.5 Å². The van der Waals surface area contributed by atoms with Crippen LogP contribution in [0, 0.1) is 20.8 Å². The average molecular weight is 504 g/mol. The lowest BCUT2D eigenvalue weighted by Gasteiger charge is -2.17. The summed E-state index contributed by atoms with van der Waals surface area (Å²) in [6, 6.07) is 12.6. The minimum absolute atomic E-state index is 0.122. The van der Waals surface area contributed by atoms with Gasteiger partial charge in [0, 0.05) is 0 Å². The van der Waals surface area contributed by atoms with Gasteiger partial charge in [-0.25, -0.2) is 16.8 Å². The topological polar surface area (TPSA) is 142 Å². The van der Waals surface area contributed by atoms with Gasteiger partial charge in [0.05, 0.1) is 24.5 Å². The van der Waals surface area contributed by atoms with E-state index < -0.39 is 30.9 Å². The number of nitrogens with one attached hydrogen (secondary N) is 2. The lowest BCUT2D eigenvalue weighted by atomic mass is 10.1. The standard InChI is InChI=1S/C23H24N2O7S2/c1-14-5-8-18(16(3)11-14)24-33(28,29)21-10-6-15(2)12-19(21)25-34(30,31)22-13-17(23(26)27)7-9-20(22)32-4/h5-13,24-25H,1-4H3,(H,26,27)/p-1. The van der Waals surface area contributed by atoms with Crippen molar-refractivity contribution in [2.75, 3.05) is 16.6 Å². The molecule has 180 valence electrons. The van der Waals surface area contributed by atoms with Crippen LogP contribution in [0.2, 0.25) is 0 Å². The van der Waals surface area contributed by atoms with Crippen LogP contribution in [-0.4, -0.2) is 29.9 Å². The molecule has 3 aromatic rings. The van der Waals surface area contributed by atoms with Crippen molar-refractivity contribution >= 4 is 37.4 Å². The smallest absolute Gasteiger partial charge is 0.265 e. The molecule has 0 aliphatic rings. The highest BCUT2D eigenvalue weighted by molar-refractivity contribution is 7.94.